The largest absolute Gasteiger partial charge is 0.410 e. The first kappa shape index (κ1) is 13.1. The Morgan fingerprint density at radius 1 is 1.11 bits per heavy atom. The first-order chi connectivity index (χ1) is 8.95. The van der Waals surface area contributed by atoms with E-state index in [0.717, 1.165) is 16.7 Å². The molecular weight excluding hydrogens is 245 g/mol. The van der Waals surface area contributed by atoms with E-state index < -0.39 is 11.9 Å². The van der Waals surface area contributed by atoms with E-state index in [1.165, 1.54) is 18.2 Å². The molecule has 0 saturated heterocycles. The number of halogens is 1. The first-order valence-electron chi connectivity index (χ1n) is 5.81. The van der Waals surface area contributed by atoms with Gasteiger partial charge in [-0.05, 0) is 37.6 Å². The van der Waals surface area contributed by atoms with E-state index in [9.17, 15) is 9.18 Å². The highest BCUT2D eigenvalue weighted by atomic mass is 19.1. The van der Waals surface area contributed by atoms with Gasteiger partial charge in [-0.1, -0.05) is 29.3 Å². The molecule has 0 heterocycles. The molecule has 0 aliphatic heterocycles. The van der Waals surface area contributed by atoms with Crippen molar-refractivity contribution in [1.29, 1.82) is 0 Å². The van der Waals surface area contributed by atoms with Crippen LogP contribution >= 0.6 is 0 Å². The minimum atomic E-state index is -0.919. The average molecular weight is 259 g/mol. The third-order valence-electron chi connectivity index (χ3n) is 2.68. The fourth-order valence-corrected chi connectivity index (χ4v) is 2.06. The molecule has 4 heteroatoms. The van der Waals surface area contributed by atoms with Gasteiger partial charge in [0.1, 0.15) is 11.6 Å². The van der Waals surface area contributed by atoms with Crippen LogP contribution in [-0.4, -0.2) is 6.09 Å². The number of nitrogens with two attached hydrogens (primary N) is 1. The maximum Gasteiger partial charge on any atom is 0.409 e. The second-order valence-corrected chi connectivity index (χ2v) is 4.44. The van der Waals surface area contributed by atoms with E-state index in [-0.39, 0.29) is 5.75 Å². The molecule has 0 saturated carbocycles. The zero-order valence-electron chi connectivity index (χ0n) is 10.7. The molecule has 2 aromatic carbocycles. The predicted octanol–water partition coefficient (Wildman–Crippen LogP) is 3.57. The van der Waals surface area contributed by atoms with E-state index in [1.54, 1.807) is 0 Å². The maximum absolute atomic E-state index is 13.4. The second-order valence-electron chi connectivity index (χ2n) is 4.44. The Balaban J connectivity index is 2.58. The smallest absolute Gasteiger partial charge is 0.409 e. The lowest BCUT2D eigenvalue weighted by atomic mass is 10.00. The number of carbonyl (C=O) groups is 1. The number of hydrogen-bond donors (Lipinski definition) is 1. The van der Waals surface area contributed by atoms with Gasteiger partial charge in [0.15, 0.2) is 0 Å². The van der Waals surface area contributed by atoms with Crippen molar-refractivity contribution in [2.24, 2.45) is 5.73 Å². The molecule has 0 aliphatic rings. The molecule has 19 heavy (non-hydrogen) atoms. The number of hydrogen-bond acceptors (Lipinski definition) is 2. The van der Waals surface area contributed by atoms with Gasteiger partial charge in [0, 0.05) is 5.56 Å². The summed E-state index contributed by atoms with van der Waals surface area (Å²) in [7, 11) is 0. The number of carbonyl (C=O) groups excluding carboxylic acids is 1. The fraction of sp³-hybridized carbons (Fsp3) is 0.133. The number of benzene rings is 2. The normalized spacial score (nSPS) is 10.3. The molecule has 2 rings (SSSR count). The number of rotatable bonds is 2. The molecule has 2 aromatic rings. The summed E-state index contributed by atoms with van der Waals surface area (Å²) in [4.78, 5) is 10.9. The molecule has 0 radical (unpaired) electrons. The summed E-state index contributed by atoms with van der Waals surface area (Å²) in [6, 6.07) is 9.76. The highest BCUT2D eigenvalue weighted by Crippen LogP contribution is 2.32. The van der Waals surface area contributed by atoms with E-state index in [2.05, 4.69) is 0 Å². The molecule has 0 spiro atoms. The molecule has 0 unspecified atom stereocenters. The van der Waals surface area contributed by atoms with Crippen molar-refractivity contribution < 1.29 is 13.9 Å². The minimum absolute atomic E-state index is 0.249. The fourth-order valence-electron chi connectivity index (χ4n) is 2.06. The van der Waals surface area contributed by atoms with Crippen molar-refractivity contribution in [1.82, 2.24) is 0 Å². The molecule has 0 atom stereocenters. The Morgan fingerprint density at radius 2 is 1.74 bits per heavy atom. The monoisotopic (exact) mass is 259 g/mol. The highest BCUT2D eigenvalue weighted by Gasteiger charge is 2.11. The summed E-state index contributed by atoms with van der Waals surface area (Å²) in [6.07, 6.45) is -0.919. The standard InChI is InChI=1S/C15H14FNO2/c1-9-5-10(2)7-11(6-9)13-8-12(16)3-4-14(13)19-15(17)18/h3-8H,1-2H3,(H2,17,18). The summed E-state index contributed by atoms with van der Waals surface area (Å²) >= 11 is 0. The van der Waals surface area contributed by atoms with Gasteiger partial charge in [-0.25, -0.2) is 9.18 Å². The Bertz CT molecular complexity index is 618. The molecule has 0 fully saturated rings. The third-order valence-corrected chi connectivity index (χ3v) is 2.68. The van der Waals surface area contributed by atoms with Crippen LogP contribution in [0, 0.1) is 19.7 Å². The van der Waals surface area contributed by atoms with Crippen LogP contribution in [0.3, 0.4) is 0 Å². The second kappa shape index (κ2) is 5.10. The quantitative estimate of drug-likeness (QED) is 0.896. The van der Waals surface area contributed by atoms with E-state index in [4.69, 9.17) is 10.5 Å². The van der Waals surface area contributed by atoms with E-state index in [0.29, 0.717) is 5.56 Å². The van der Waals surface area contributed by atoms with Gasteiger partial charge in [-0.2, -0.15) is 0 Å². The molecular formula is C15H14FNO2. The Kier molecular flexibility index (Phi) is 3.51. The van der Waals surface area contributed by atoms with Crippen molar-refractivity contribution in [2.45, 2.75) is 13.8 Å². The van der Waals surface area contributed by atoms with Crippen molar-refractivity contribution in [3.8, 4) is 16.9 Å². The summed E-state index contributed by atoms with van der Waals surface area (Å²) in [6.45, 7) is 3.90. The molecule has 98 valence electrons. The van der Waals surface area contributed by atoms with Gasteiger partial charge in [0.05, 0.1) is 0 Å². The van der Waals surface area contributed by atoms with Crippen LogP contribution in [0.4, 0.5) is 9.18 Å². The molecule has 3 nitrogen and oxygen atoms in total. The van der Waals surface area contributed by atoms with Gasteiger partial charge < -0.3 is 10.5 Å². The lowest BCUT2D eigenvalue weighted by Crippen LogP contribution is -2.16. The number of primary amides is 1. The van der Waals surface area contributed by atoms with E-state index >= 15 is 0 Å². The van der Waals surface area contributed by atoms with Crippen molar-refractivity contribution >= 4 is 6.09 Å². The van der Waals surface area contributed by atoms with Gasteiger partial charge in [-0.15, -0.1) is 0 Å². The molecule has 2 N–H and O–H groups in total. The summed E-state index contributed by atoms with van der Waals surface area (Å²) in [5, 5.41) is 0. The molecule has 0 bridgehead atoms. The highest BCUT2D eigenvalue weighted by molar-refractivity contribution is 5.76. The van der Waals surface area contributed by atoms with Gasteiger partial charge in [0.25, 0.3) is 0 Å². The number of aryl methyl sites for hydroxylation is 2. The predicted molar refractivity (Wildman–Crippen MR) is 71.5 cm³/mol. The SMILES string of the molecule is Cc1cc(C)cc(-c2cc(F)ccc2OC(N)=O)c1. The molecule has 0 aromatic heterocycles. The van der Waals surface area contributed by atoms with Gasteiger partial charge in [-0.3, -0.25) is 0 Å². The van der Waals surface area contributed by atoms with Gasteiger partial charge >= 0.3 is 6.09 Å². The molecule has 1 amide bonds. The van der Waals surface area contributed by atoms with Crippen LogP contribution in [0.2, 0.25) is 0 Å². The third kappa shape index (κ3) is 3.10. The summed E-state index contributed by atoms with van der Waals surface area (Å²) in [5.41, 5.74) is 8.40. The summed E-state index contributed by atoms with van der Waals surface area (Å²) in [5.74, 6) is -0.148. The van der Waals surface area contributed by atoms with E-state index in [1.807, 2.05) is 32.0 Å². The Hall–Kier alpha value is -2.36. The number of amides is 1. The summed E-state index contributed by atoms with van der Waals surface area (Å²) < 4.78 is 18.3. The van der Waals surface area contributed by atoms with Crippen molar-refractivity contribution in [3.05, 3.63) is 53.3 Å². The van der Waals surface area contributed by atoms with Crippen LogP contribution in [-0.2, 0) is 0 Å². The molecule has 0 aliphatic carbocycles. The first-order valence-corrected chi connectivity index (χ1v) is 5.81. The van der Waals surface area contributed by atoms with Crippen molar-refractivity contribution in [2.75, 3.05) is 0 Å². The average Bonchev–Trinajstić information content (AvgIpc) is 2.29. The lowest BCUT2D eigenvalue weighted by molar-refractivity contribution is 0.211. The van der Waals surface area contributed by atoms with Crippen LogP contribution in [0.5, 0.6) is 5.75 Å². The van der Waals surface area contributed by atoms with Crippen LogP contribution in [0.1, 0.15) is 11.1 Å². The Labute approximate surface area is 110 Å². The van der Waals surface area contributed by atoms with Crippen LogP contribution in [0.15, 0.2) is 36.4 Å². The lowest BCUT2D eigenvalue weighted by Gasteiger charge is -2.10. The maximum atomic E-state index is 13.4. The minimum Gasteiger partial charge on any atom is -0.410 e. The number of ether oxygens (including phenoxy) is 1. The zero-order valence-corrected chi connectivity index (χ0v) is 10.7. The van der Waals surface area contributed by atoms with Gasteiger partial charge in [0.2, 0.25) is 0 Å². The van der Waals surface area contributed by atoms with Crippen LogP contribution < -0.4 is 10.5 Å². The topological polar surface area (TPSA) is 52.3 Å². The van der Waals surface area contributed by atoms with Crippen LogP contribution in [0.25, 0.3) is 11.1 Å². The Morgan fingerprint density at radius 3 is 2.32 bits per heavy atom. The van der Waals surface area contributed by atoms with Crippen molar-refractivity contribution in [3.63, 3.8) is 0 Å². The zero-order chi connectivity index (χ0) is 14.0.